The van der Waals surface area contributed by atoms with Gasteiger partial charge in [0.2, 0.25) is 21.8 Å². The summed E-state index contributed by atoms with van der Waals surface area (Å²) in [5.41, 5.74) is -0.649. The number of carboxylic acids is 1. The molecule has 12 nitrogen and oxygen atoms in total. The highest BCUT2D eigenvalue weighted by Gasteiger charge is 2.61. The zero-order chi connectivity index (χ0) is 32.1. The second kappa shape index (κ2) is 14.1. The number of carbonyl (C=O) groups excluding carboxylic acids is 3. The Balaban J connectivity index is 1.28. The van der Waals surface area contributed by atoms with Crippen molar-refractivity contribution in [3.8, 4) is 0 Å². The molecule has 0 radical (unpaired) electrons. The Morgan fingerprint density at radius 1 is 1.16 bits per heavy atom. The largest absolute Gasteiger partial charge is 0.479 e. The van der Waals surface area contributed by atoms with Crippen molar-refractivity contribution in [2.45, 2.75) is 94.8 Å². The van der Waals surface area contributed by atoms with Crippen molar-refractivity contribution < 1.29 is 32.7 Å². The lowest BCUT2D eigenvalue weighted by Gasteiger charge is -2.28. The molecule has 13 heteroatoms. The lowest BCUT2D eigenvalue weighted by molar-refractivity contribution is -0.145. The zero-order valence-electron chi connectivity index (χ0n) is 25.8. The molecule has 2 unspecified atom stereocenters. The SMILES string of the molecule is CCCCC/C=C\C1C[C@]1(NC(=O)[C@@H]1CCCN1C(=O)CNC(=O)NC(CN1Cc2ccccc2S1(=O)=O)C(C)C)C(=O)O. The van der Waals surface area contributed by atoms with Gasteiger partial charge in [-0.1, -0.05) is 64.0 Å². The van der Waals surface area contributed by atoms with Crippen LogP contribution < -0.4 is 16.0 Å². The number of hydrogen-bond acceptors (Lipinski definition) is 6. The first-order valence-electron chi connectivity index (χ1n) is 15.5. The molecule has 1 aliphatic carbocycles. The van der Waals surface area contributed by atoms with Gasteiger partial charge in [0.1, 0.15) is 11.6 Å². The number of carboxylic acid groups (broad SMARTS) is 1. The fraction of sp³-hybridized carbons (Fsp3) is 0.613. The molecule has 4 rings (SSSR count). The van der Waals surface area contributed by atoms with Gasteiger partial charge in [0.25, 0.3) is 0 Å². The average molecular weight is 632 g/mol. The number of sulfonamides is 1. The third-order valence-corrected chi connectivity index (χ3v) is 10.7. The first-order chi connectivity index (χ1) is 20.9. The highest BCUT2D eigenvalue weighted by molar-refractivity contribution is 7.89. The third kappa shape index (κ3) is 7.43. The lowest BCUT2D eigenvalue weighted by atomic mass is 10.0. The Morgan fingerprint density at radius 2 is 1.91 bits per heavy atom. The highest BCUT2D eigenvalue weighted by atomic mass is 32.2. The summed E-state index contributed by atoms with van der Waals surface area (Å²) < 4.78 is 27.3. The van der Waals surface area contributed by atoms with Crippen molar-refractivity contribution in [1.82, 2.24) is 25.2 Å². The normalized spacial score (nSPS) is 24.7. The van der Waals surface area contributed by atoms with Crippen LogP contribution in [0.5, 0.6) is 0 Å². The van der Waals surface area contributed by atoms with Crippen molar-refractivity contribution in [2.75, 3.05) is 19.6 Å². The van der Waals surface area contributed by atoms with Crippen molar-refractivity contribution >= 4 is 33.8 Å². The second-order valence-electron chi connectivity index (χ2n) is 12.3. The predicted octanol–water partition coefficient (Wildman–Crippen LogP) is 2.60. The molecular formula is C31H45N5O7S. The van der Waals surface area contributed by atoms with Gasteiger partial charge in [-0.3, -0.25) is 9.59 Å². The molecule has 2 aliphatic heterocycles. The maximum Gasteiger partial charge on any atom is 0.330 e. The molecule has 1 saturated carbocycles. The maximum atomic E-state index is 13.2. The monoisotopic (exact) mass is 631 g/mol. The molecule has 2 heterocycles. The number of aliphatic carboxylic acids is 1. The summed E-state index contributed by atoms with van der Waals surface area (Å²) >= 11 is 0. The minimum Gasteiger partial charge on any atom is -0.479 e. The van der Waals surface area contributed by atoms with Crippen molar-refractivity contribution in [1.29, 1.82) is 0 Å². The molecule has 1 saturated heterocycles. The number of fused-ring (bicyclic) bond motifs is 1. The maximum absolute atomic E-state index is 13.2. The molecule has 0 aromatic heterocycles. The van der Waals surface area contributed by atoms with E-state index in [1.165, 1.54) is 9.21 Å². The number of carbonyl (C=O) groups is 4. The number of nitrogens with one attached hydrogen (secondary N) is 3. The first-order valence-corrected chi connectivity index (χ1v) is 17.0. The Labute approximate surface area is 259 Å². The Hall–Kier alpha value is -3.45. The van der Waals surface area contributed by atoms with Gasteiger partial charge in [0, 0.05) is 31.6 Å². The van der Waals surface area contributed by atoms with Crippen LogP contribution in [0.3, 0.4) is 0 Å². The van der Waals surface area contributed by atoms with Crippen LogP contribution >= 0.6 is 0 Å². The van der Waals surface area contributed by atoms with E-state index in [0.29, 0.717) is 31.4 Å². The second-order valence-corrected chi connectivity index (χ2v) is 14.2. The minimum absolute atomic E-state index is 0.0741. The number of benzene rings is 1. The van der Waals surface area contributed by atoms with E-state index < -0.39 is 51.5 Å². The van der Waals surface area contributed by atoms with Crippen molar-refractivity contribution in [2.24, 2.45) is 11.8 Å². The van der Waals surface area contributed by atoms with Crippen LogP contribution in [0.25, 0.3) is 0 Å². The van der Waals surface area contributed by atoms with Crippen LogP contribution in [-0.4, -0.2) is 83.8 Å². The third-order valence-electron chi connectivity index (χ3n) is 8.82. The van der Waals surface area contributed by atoms with E-state index in [9.17, 15) is 32.7 Å². The lowest BCUT2D eigenvalue weighted by Crippen LogP contribution is -2.55. The molecule has 0 bridgehead atoms. The van der Waals surface area contributed by atoms with Gasteiger partial charge >= 0.3 is 12.0 Å². The zero-order valence-corrected chi connectivity index (χ0v) is 26.6. The predicted molar refractivity (Wildman–Crippen MR) is 164 cm³/mol. The van der Waals surface area contributed by atoms with E-state index in [1.807, 2.05) is 26.0 Å². The van der Waals surface area contributed by atoms with Gasteiger partial charge in [0.05, 0.1) is 11.4 Å². The van der Waals surface area contributed by atoms with Crippen LogP contribution in [0, 0.1) is 11.8 Å². The summed E-state index contributed by atoms with van der Waals surface area (Å²) in [6, 6.07) is 4.86. The van der Waals surface area contributed by atoms with Crippen LogP contribution in [0.4, 0.5) is 4.79 Å². The van der Waals surface area contributed by atoms with Crippen molar-refractivity contribution in [3.05, 3.63) is 42.0 Å². The Bertz CT molecular complexity index is 1380. The van der Waals surface area contributed by atoms with Crippen LogP contribution in [-0.2, 0) is 31.0 Å². The summed E-state index contributed by atoms with van der Waals surface area (Å²) in [7, 11) is -3.67. The van der Waals surface area contributed by atoms with Crippen molar-refractivity contribution in [3.63, 3.8) is 0 Å². The molecule has 0 spiro atoms. The molecule has 3 aliphatic rings. The number of unbranched alkanes of at least 4 members (excludes halogenated alkanes) is 3. The van der Waals surface area contributed by atoms with Crippen LogP contribution in [0.1, 0.15) is 71.3 Å². The summed E-state index contributed by atoms with van der Waals surface area (Å²) in [6.07, 6.45) is 9.24. The summed E-state index contributed by atoms with van der Waals surface area (Å²) in [4.78, 5) is 52.8. The topological polar surface area (TPSA) is 165 Å². The molecule has 44 heavy (non-hydrogen) atoms. The van der Waals surface area contributed by atoms with Gasteiger partial charge in [-0.2, -0.15) is 4.31 Å². The fourth-order valence-electron chi connectivity index (χ4n) is 5.96. The molecule has 4 atom stereocenters. The van der Waals surface area contributed by atoms with E-state index in [2.05, 4.69) is 22.9 Å². The molecule has 2 fully saturated rings. The van der Waals surface area contributed by atoms with E-state index in [1.54, 1.807) is 24.3 Å². The average Bonchev–Trinajstić information content (AvgIpc) is 3.32. The van der Waals surface area contributed by atoms with E-state index in [4.69, 9.17) is 0 Å². The van der Waals surface area contributed by atoms with Gasteiger partial charge in [-0.05, 0) is 49.7 Å². The number of amides is 4. The number of rotatable bonds is 14. The number of urea groups is 1. The standard InChI is InChI=1S/C31H45N5O7S/c1-4-5-6-7-8-13-23-17-31(23,29(39)40)34-28(38)25-14-11-16-36(25)27(37)18-32-30(41)33-24(21(2)3)20-35-19-22-12-9-10-15-26(22)44(35,42)43/h8-10,12-13,15,21,23-25H,4-7,11,14,16-20H2,1-3H3,(H,34,38)(H,39,40)(H2,32,33,41)/b13-8-/t23?,24?,25-,31+/m0/s1. The van der Waals surface area contributed by atoms with Gasteiger partial charge in [0.15, 0.2) is 0 Å². The Kier molecular flexibility index (Phi) is 10.7. The Morgan fingerprint density at radius 3 is 2.59 bits per heavy atom. The van der Waals surface area contributed by atoms with Gasteiger partial charge < -0.3 is 26.0 Å². The van der Waals surface area contributed by atoms with E-state index >= 15 is 0 Å². The summed E-state index contributed by atoms with van der Waals surface area (Å²) in [5.74, 6) is -2.43. The molecule has 1 aromatic carbocycles. The summed E-state index contributed by atoms with van der Waals surface area (Å²) in [5, 5.41) is 17.9. The quantitative estimate of drug-likeness (QED) is 0.181. The van der Waals surface area contributed by atoms with E-state index in [-0.39, 0.29) is 36.4 Å². The first kappa shape index (κ1) is 33.4. The minimum atomic E-state index is -3.67. The van der Waals surface area contributed by atoms with Crippen LogP contribution in [0.2, 0.25) is 0 Å². The number of nitrogens with zero attached hydrogens (tertiary/aromatic N) is 2. The molecular weight excluding hydrogens is 586 g/mol. The molecule has 4 N–H and O–H groups in total. The molecule has 242 valence electrons. The number of likely N-dealkylation sites (tertiary alicyclic amines) is 1. The van der Waals surface area contributed by atoms with Gasteiger partial charge in [-0.25, -0.2) is 18.0 Å². The molecule has 4 amide bonds. The fourth-order valence-corrected chi connectivity index (χ4v) is 7.62. The number of allylic oxidation sites excluding steroid dienone is 1. The summed E-state index contributed by atoms with van der Waals surface area (Å²) in [6.45, 7) is 6.12. The van der Waals surface area contributed by atoms with E-state index in [0.717, 1.165) is 25.7 Å². The number of hydrogen-bond donors (Lipinski definition) is 4. The van der Waals surface area contributed by atoms with Gasteiger partial charge in [-0.15, -0.1) is 0 Å². The smallest absolute Gasteiger partial charge is 0.330 e. The molecule has 1 aromatic rings. The van der Waals surface area contributed by atoms with Crippen LogP contribution in [0.15, 0.2) is 41.3 Å². The highest BCUT2D eigenvalue weighted by Crippen LogP contribution is 2.45.